The van der Waals surface area contributed by atoms with Crippen LogP contribution in [-0.4, -0.2) is 61.1 Å². The molecule has 0 unspecified atom stereocenters. The molecule has 0 spiro atoms. The molecule has 4 aliphatic rings. The first-order valence-corrected chi connectivity index (χ1v) is 9.07. The van der Waals surface area contributed by atoms with E-state index in [1.807, 2.05) is 6.07 Å². The van der Waals surface area contributed by atoms with E-state index < -0.39 is 0 Å². The number of likely N-dealkylation sites (tertiary alicyclic amines) is 1. The van der Waals surface area contributed by atoms with Crippen molar-refractivity contribution in [2.75, 3.05) is 33.3 Å². The third kappa shape index (κ3) is 2.70. The molecule has 1 aromatic rings. The fourth-order valence-electron chi connectivity index (χ4n) is 5.21. The molecule has 4 fully saturated rings. The number of primary amides is 1. The maximum Gasteiger partial charge on any atom is 0.218 e. The van der Waals surface area contributed by atoms with Gasteiger partial charge in [0, 0.05) is 37.5 Å². The molecule has 2 bridgehead atoms. The summed E-state index contributed by atoms with van der Waals surface area (Å²) in [5.74, 6) is 1.98. The largest absolute Gasteiger partial charge is 0.497 e. The average molecular weight is 329 g/mol. The van der Waals surface area contributed by atoms with Crippen LogP contribution in [0.15, 0.2) is 24.3 Å². The van der Waals surface area contributed by atoms with E-state index in [2.05, 4.69) is 28.0 Å². The van der Waals surface area contributed by atoms with E-state index in [0.29, 0.717) is 24.4 Å². The monoisotopic (exact) mass is 329 g/mol. The van der Waals surface area contributed by atoms with Crippen LogP contribution in [0, 0.1) is 5.92 Å². The van der Waals surface area contributed by atoms with Crippen LogP contribution in [0.4, 0.5) is 0 Å². The first kappa shape index (κ1) is 15.9. The van der Waals surface area contributed by atoms with Gasteiger partial charge in [-0.2, -0.15) is 0 Å². The predicted molar refractivity (Wildman–Crippen MR) is 93.0 cm³/mol. The van der Waals surface area contributed by atoms with Crippen molar-refractivity contribution in [1.82, 2.24) is 9.80 Å². The van der Waals surface area contributed by atoms with Gasteiger partial charge >= 0.3 is 0 Å². The molecule has 0 aliphatic carbocycles. The second kappa shape index (κ2) is 6.37. The van der Waals surface area contributed by atoms with E-state index in [1.54, 1.807) is 7.11 Å². The SMILES string of the molecule is COc1cccc([C@H]2CN(CCC(N)=O)[C@@H]3C4CCN(CC4)[C@H]23)c1. The molecular weight excluding hydrogens is 302 g/mol. The lowest BCUT2D eigenvalue weighted by atomic mass is 9.75. The average Bonchev–Trinajstić information content (AvgIpc) is 3.03. The molecule has 24 heavy (non-hydrogen) atoms. The maximum absolute atomic E-state index is 11.3. The van der Waals surface area contributed by atoms with Crippen molar-refractivity contribution in [1.29, 1.82) is 0 Å². The van der Waals surface area contributed by atoms with Crippen molar-refractivity contribution >= 4 is 5.91 Å². The highest BCUT2D eigenvalue weighted by Crippen LogP contribution is 2.46. The van der Waals surface area contributed by atoms with Gasteiger partial charge in [-0.15, -0.1) is 0 Å². The summed E-state index contributed by atoms with van der Waals surface area (Å²) in [5, 5.41) is 0. The molecule has 4 aliphatic heterocycles. The molecule has 2 N–H and O–H groups in total. The van der Waals surface area contributed by atoms with Crippen LogP contribution in [0.1, 0.15) is 30.7 Å². The Morgan fingerprint density at radius 2 is 2.08 bits per heavy atom. The van der Waals surface area contributed by atoms with Crippen molar-refractivity contribution in [2.24, 2.45) is 11.7 Å². The van der Waals surface area contributed by atoms with Crippen molar-refractivity contribution in [3.8, 4) is 5.75 Å². The smallest absolute Gasteiger partial charge is 0.218 e. The Balaban J connectivity index is 1.63. The summed E-state index contributed by atoms with van der Waals surface area (Å²) in [7, 11) is 1.72. The topological polar surface area (TPSA) is 58.8 Å². The molecule has 5 rings (SSSR count). The second-order valence-corrected chi connectivity index (χ2v) is 7.45. The number of nitrogens with zero attached hydrogens (tertiary/aromatic N) is 2. The quantitative estimate of drug-likeness (QED) is 0.888. The number of hydrogen-bond donors (Lipinski definition) is 1. The summed E-state index contributed by atoms with van der Waals surface area (Å²) in [6.07, 6.45) is 3.04. The molecule has 1 amide bonds. The normalized spacial score (nSPS) is 35.0. The van der Waals surface area contributed by atoms with E-state index in [1.165, 1.54) is 31.5 Å². The number of nitrogens with two attached hydrogens (primary N) is 1. The van der Waals surface area contributed by atoms with Crippen LogP contribution >= 0.6 is 0 Å². The van der Waals surface area contributed by atoms with Crippen LogP contribution < -0.4 is 10.5 Å². The molecule has 0 saturated carbocycles. The minimum absolute atomic E-state index is 0.197. The molecule has 5 nitrogen and oxygen atoms in total. The zero-order valence-corrected chi connectivity index (χ0v) is 14.4. The number of carbonyl (C=O) groups is 1. The molecule has 0 radical (unpaired) electrons. The standard InChI is InChI=1S/C19H27N3O2/c1-24-15-4-2-3-14(11-15)16-12-22(10-7-17(20)23)18-13-5-8-21(9-6-13)19(16)18/h2-4,11,13,16,18-19H,5-10,12H2,1H3,(H2,20,23)/t16-,18-,19-/m1/s1. The van der Waals surface area contributed by atoms with Gasteiger partial charge in [0.25, 0.3) is 0 Å². The predicted octanol–water partition coefficient (Wildman–Crippen LogP) is 1.43. The van der Waals surface area contributed by atoms with Gasteiger partial charge in [-0.05, 0) is 49.5 Å². The summed E-state index contributed by atoms with van der Waals surface area (Å²) in [5.41, 5.74) is 6.77. The number of rotatable bonds is 5. The summed E-state index contributed by atoms with van der Waals surface area (Å²) in [4.78, 5) is 16.5. The molecule has 130 valence electrons. The van der Waals surface area contributed by atoms with Gasteiger partial charge in [0.2, 0.25) is 5.91 Å². The summed E-state index contributed by atoms with van der Waals surface area (Å²) < 4.78 is 5.43. The van der Waals surface area contributed by atoms with Gasteiger partial charge in [-0.1, -0.05) is 12.1 Å². The Morgan fingerprint density at radius 1 is 1.29 bits per heavy atom. The fourth-order valence-corrected chi connectivity index (χ4v) is 5.21. The van der Waals surface area contributed by atoms with Crippen molar-refractivity contribution in [2.45, 2.75) is 37.3 Å². The number of amides is 1. The molecule has 0 aromatic heterocycles. The Kier molecular flexibility index (Phi) is 4.22. The van der Waals surface area contributed by atoms with Gasteiger partial charge in [-0.25, -0.2) is 0 Å². The number of ether oxygens (including phenoxy) is 1. The molecule has 4 saturated heterocycles. The molecule has 1 aromatic carbocycles. The Morgan fingerprint density at radius 3 is 2.79 bits per heavy atom. The molecule has 5 heteroatoms. The Bertz CT molecular complexity index is 612. The minimum atomic E-state index is -0.197. The van der Waals surface area contributed by atoms with Gasteiger partial charge < -0.3 is 10.5 Å². The Hall–Kier alpha value is -1.59. The lowest BCUT2D eigenvalue weighted by molar-refractivity contribution is -0.118. The number of hydrogen-bond acceptors (Lipinski definition) is 4. The summed E-state index contributed by atoms with van der Waals surface area (Å²) >= 11 is 0. The lowest BCUT2D eigenvalue weighted by Gasteiger charge is -2.51. The number of carbonyl (C=O) groups excluding carboxylic acids is 1. The van der Waals surface area contributed by atoms with Gasteiger partial charge in [0.05, 0.1) is 7.11 Å². The number of piperidine rings is 3. The van der Waals surface area contributed by atoms with Crippen molar-refractivity contribution in [3.05, 3.63) is 29.8 Å². The second-order valence-electron chi connectivity index (χ2n) is 7.45. The third-order valence-corrected chi connectivity index (χ3v) is 6.26. The van der Waals surface area contributed by atoms with Gasteiger partial charge in [-0.3, -0.25) is 14.6 Å². The third-order valence-electron chi connectivity index (χ3n) is 6.26. The molecular formula is C19H27N3O2. The number of benzene rings is 1. The van der Waals surface area contributed by atoms with Crippen LogP contribution in [0.3, 0.4) is 0 Å². The first-order chi connectivity index (χ1) is 11.7. The van der Waals surface area contributed by atoms with Crippen LogP contribution in [0.2, 0.25) is 0 Å². The highest BCUT2D eigenvalue weighted by molar-refractivity contribution is 5.73. The van der Waals surface area contributed by atoms with E-state index in [9.17, 15) is 4.79 Å². The summed E-state index contributed by atoms with van der Waals surface area (Å²) in [6, 6.07) is 9.65. The number of methoxy groups -OCH3 is 1. The van der Waals surface area contributed by atoms with E-state index >= 15 is 0 Å². The maximum atomic E-state index is 11.3. The van der Waals surface area contributed by atoms with E-state index in [4.69, 9.17) is 10.5 Å². The molecule has 4 heterocycles. The fraction of sp³-hybridized carbons (Fsp3) is 0.632. The lowest BCUT2D eigenvalue weighted by Crippen LogP contribution is -2.60. The highest BCUT2D eigenvalue weighted by Gasteiger charge is 2.53. The highest BCUT2D eigenvalue weighted by atomic mass is 16.5. The van der Waals surface area contributed by atoms with Gasteiger partial charge in [0.15, 0.2) is 0 Å². The number of fused-ring (bicyclic) bond motifs is 2. The zero-order chi connectivity index (χ0) is 16.7. The Labute approximate surface area is 143 Å². The summed E-state index contributed by atoms with van der Waals surface area (Å²) in [6.45, 7) is 4.25. The van der Waals surface area contributed by atoms with Crippen LogP contribution in [0.25, 0.3) is 0 Å². The molecule has 3 atom stereocenters. The van der Waals surface area contributed by atoms with Crippen molar-refractivity contribution in [3.63, 3.8) is 0 Å². The van der Waals surface area contributed by atoms with E-state index in [0.717, 1.165) is 24.8 Å². The van der Waals surface area contributed by atoms with Crippen LogP contribution in [-0.2, 0) is 4.79 Å². The van der Waals surface area contributed by atoms with E-state index in [-0.39, 0.29) is 5.91 Å². The first-order valence-electron chi connectivity index (χ1n) is 9.07. The van der Waals surface area contributed by atoms with Gasteiger partial charge in [0.1, 0.15) is 5.75 Å². The van der Waals surface area contributed by atoms with Crippen molar-refractivity contribution < 1.29 is 9.53 Å². The van der Waals surface area contributed by atoms with Crippen LogP contribution in [0.5, 0.6) is 5.75 Å². The zero-order valence-electron chi connectivity index (χ0n) is 14.4. The minimum Gasteiger partial charge on any atom is -0.497 e.